The lowest BCUT2D eigenvalue weighted by atomic mass is 9.93. The van der Waals surface area contributed by atoms with Crippen molar-refractivity contribution in [3.05, 3.63) is 36.0 Å². The summed E-state index contributed by atoms with van der Waals surface area (Å²) in [5, 5.41) is 22.3. The van der Waals surface area contributed by atoms with Gasteiger partial charge in [-0.3, -0.25) is 4.79 Å². The molecule has 0 unspecified atom stereocenters. The molecule has 1 aliphatic carbocycles. The molecular weight excluding hydrogens is 568 g/mol. The molecule has 0 radical (unpaired) electrons. The molecule has 3 fully saturated rings. The van der Waals surface area contributed by atoms with Crippen molar-refractivity contribution in [2.75, 3.05) is 65.5 Å². The Bertz CT molecular complexity index is 1240. The van der Waals surface area contributed by atoms with E-state index in [-0.39, 0.29) is 45.1 Å². The molecule has 0 bridgehead atoms. The number of aromatic nitrogens is 1. The average Bonchev–Trinajstić information content (AvgIpc) is 3.74. The topological polar surface area (TPSA) is 101 Å². The number of pyridine rings is 1. The first-order valence-electron chi connectivity index (χ1n) is 14.1. The van der Waals surface area contributed by atoms with Gasteiger partial charge in [-0.2, -0.15) is 0 Å². The van der Waals surface area contributed by atoms with Crippen LogP contribution >= 0.6 is 23.7 Å². The van der Waals surface area contributed by atoms with E-state index in [1.807, 2.05) is 35.4 Å². The summed E-state index contributed by atoms with van der Waals surface area (Å²) in [6, 6.07) is 7.49. The van der Waals surface area contributed by atoms with Crippen LogP contribution in [0.25, 0.3) is 0 Å². The van der Waals surface area contributed by atoms with Crippen LogP contribution in [0.4, 0.5) is 31.7 Å². The molecule has 3 heterocycles. The van der Waals surface area contributed by atoms with Gasteiger partial charge in [0.25, 0.3) is 11.8 Å². The molecule has 2 aliphatic heterocycles. The lowest BCUT2D eigenvalue weighted by Gasteiger charge is -2.35. The van der Waals surface area contributed by atoms with Gasteiger partial charge in [0.2, 0.25) is 0 Å². The minimum atomic E-state index is -2.63. The summed E-state index contributed by atoms with van der Waals surface area (Å²) >= 11 is 2.74. The van der Waals surface area contributed by atoms with Crippen LogP contribution in [0.15, 0.2) is 35.4 Å². The number of alkyl halides is 2. The fourth-order valence-electron chi connectivity index (χ4n) is 5.41. The van der Waals surface area contributed by atoms with Gasteiger partial charge in [0.15, 0.2) is 0 Å². The Morgan fingerprint density at radius 3 is 2.24 bits per heavy atom. The number of anilines is 4. The van der Waals surface area contributed by atoms with Crippen LogP contribution in [0.5, 0.6) is 0 Å². The highest BCUT2D eigenvalue weighted by Crippen LogP contribution is 2.54. The number of nitrogens with zero attached hydrogens (tertiary/aromatic N) is 3. The normalized spacial score (nSPS) is 19.8. The van der Waals surface area contributed by atoms with E-state index in [2.05, 4.69) is 19.9 Å². The quantitative estimate of drug-likeness (QED) is 0.207. The largest absolute Gasteiger partial charge is 0.395 e. The number of aliphatic hydroxyl groups is 2. The van der Waals surface area contributed by atoms with E-state index in [0.29, 0.717) is 22.5 Å². The molecule has 3 aliphatic rings. The first-order chi connectivity index (χ1) is 19.6. The predicted molar refractivity (Wildman–Crippen MR) is 164 cm³/mol. The van der Waals surface area contributed by atoms with Crippen molar-refractivity contribution >= 4 is 52.5 Å². The highest BCUT2D eigenvalue weighted by atomic mass is 32.2. The number of nitrogens with one attached hydrogen (secondary N) is 2. The summed E-state index contributed by atoms with van der Waals surface area (Å²) in [7, 11) is 0. The van der Waals surface area contributed by atoms with Crippen LogP contribution in [-0.2, 0) is 0 Å². The van der Waals surface area contributed by atoms with Crippen molar-refractivity contribution in [2.45, 2.75) is 61.0 Å². The average molecular weight is 608 g/mol. The summed E-state index contributed by atoms with van der Waals surface area (Å²) < 4.78 is 29.9. The number of carbonyl (C=O) groups is 1. The van der Waals surface area contributed by atoms with Crippen LogP contribution in [0.2, 0.25) is 0 Å². The molecule has 0 atom stereocenters. The lowest BCUT2D eigenvalue weighted by molar-refractivity contribution is -0.0221. The Hall–Kier alpha value is -2.28. The molecule has 8 nitrogen and oxygen atoms in total. The van der Waals surface area contributed by atoms with E-state index < -0.39 is 10.7 Å². The van der Waals surface area contributed by atoms with Gasteiger partial charge in [-0.25, -0.2) is 13.8 Å². The van der Waals surface area contributed by atoms with Crippen LogP contribution < -0.4 is 19.8 Å². The monoisotopic (exact) mass is 607 g/mol. The van der Waals surface area contributed by atoms with Crippen LogP contribution in [-0.4, -0.2) is 77.4 Å². The van der Waals surface area contributed by atoms with Gasteiger partial charge in [0.1, 0.15) is 5.82 Å². The van der Waals surface area contributed by atoms with Crippen LogP contribution in [0.3, 0.4) is 0 Å². The Morgan fingerprint density at radius 2 is 1.63 bits per heavy atom. The zero-order valence-electron chi connectivity index (χ0n) is 23.6. The van der Waals surface area contributed by atoms with Gasteiger partial charge in [-0.1, -0.05) is 0 Å². The third-order valence-electron chi connectivity index (χ3n) is 8.59. The molecule has 2 aromatic rings. The summed E-state index contributed by atoms with van der Waals surface area (Å²) in [6.07, 6.45) is 7.89. The van der Waals surface area contributed by atoms with Gasteiger partial charge < -0.3 is 30.1 Å². The number of hydrogen-bond donors (Lipinski definition) is 4. The number of amides is 1. The molecule has 1 aromatic heterocycles. The van der Waals surface area contributed by atoms with E-state index in [4.69, 9.17) is 0 Å². The van der Waals surface area contributed by atoms with Crippen molar-refractivity contribution in [1.82, 2.24) is 4.98 Å². The van der Waals surface area contributed by atoms with E-state index >= 15 is 0 Å². The van der Waals surface area contributed by atoms with Gasteiger partial charge >= 0.3 is 0 Å². The standard InChI is InChI=1S/C29H39F2N5O3S2/c1-27(18-37,19-38)41-34-25-16-22(35-11-7-28(5-6-28)8-12-35)21(17-32-25)26(39)33-20-3-4-24(40-2)23(15-20)36-13-9-29(30,31)10-14-36/h3-4,15-17,37-38H,5-14,18-19H2,1-2H3,(H,32,34)(H,33,39). The molecule has 41 heavy (non-hydrogen) atoms. The highest BCUT2D eigenvalue weighted by Gasteiger charge is 2.44. The Labute approximate surface area is 248 Å². The predicted octanol–water partition coefficient (Wildman–Crippen LogP) is 5.48. The molecule has 224 valence electrons. The van der Waals surface area contributed by atoms with Crippen LogP contribution in [0, 0.1) is 5.41 Å². The lowest BCUT2D eigenvalue weighted by Crippen LogP contribution is -2.39. The number of rotatable bonds is 10. The Balaban J connectivity index is 1.37. The molecule has 1 amide bonds. The van der Waals surface area contributed by atoms with Crippen LogP contribution in [0.1, 0.15) is 55.8 Å². The van der Waals surface area contributed by atoms with E-state index in [1.54, 1.807) is 24.9 Å². The third-order valence-corrected chi connectivity index (χ3v) is 10.4. The van der Waals surface area contributed by atoms with Gasteiger partial charge in [-0.05, 0) is 74.4 Å². The van der Waals surface area contributed by atoms with E-state index in [9.17, 15) is 23.8 Å². The minimum Gasteiger partial charge on any atom is -0.395 e. The summed E-state index contributed by atoms with van der Waals surface area (Å²) in [5.74, 6) is -2.38. The molecule has 2 saturated heterocycles. The maximum Gasteiger partial charge on any atom is 0.259 e. The van der Waals surface area contributed by atoms with E-state index in [0.717, 1.165) is 42.2 Å². The first kappa shape index (κ1) is 30.2. The van der Waals surface area contributed by atoms with E-state index in [1.165, 1.54) is 24.8 Å². The fourth-order valence-corrected chi connectivity index (χ4v) is 6.61. The second-order valence-corrected chi connectivity index (χ2v) is 14.0. The smallest absolute Gasteiger partial charge is 0.259 e. The van der Waals surface area contributed by atoms with Crippen molar-refractivity contribution in [1.29, 1.82) is 0 Å². The molecular formula is C29H39F2N5O3S2. The molecule has 5 rings (SSSR count). The number of aliphatic hydroxyl groups excluding tert-OH is 2. The van der Waals surface area contributed by atoms with Gasteiger partial charge in [0.05, 0.1) is 34.9 Å². The fraction of sp³-hybridized carbons (Fsp3) is 0.586. The zero-order chi connectivity index (χ0) is 29.3. The Morgan fingerprint density at radius 1 is 1.00 bits per heavy atom. The number of halogens is 2. The molecule has 1 saturated carbocycles. The van der Waals surface area contributed by atoms with Gasteiger partial charge in [-0.15, -0.1) is 11.8 Å². The second kappa shape index (κ2) is 12.1. The minimum absolute atomic E-state index is 0.183. The summed E-state index contributed by atoms with van der Waals surface area (Å²) in [5.41, 5.74) is 3.15. The Kier molecular flexibility index (Phi) is 8.94. The number of thioether (sulfide) groups is 1. The number of benzene rings is 1. The van der Waals surface area contributed by atoms with Gasteiger partial charge in [0, 0.05) is 61.9 Å². The molecule has 1 aromatic carbocycles. The maximum absolute atomic E-state index is 13.8. The van der Waals surface area contributed by atoms with Crippen molar-refractivity contribution in [3.63, 3.8) is 0 Å². The zero-order valence-corrected chi connectivity index (χ0v) is 25.2. The second-order valence-electron chi connectivity index (χ2n) is 11.7. The molecule has 1 spiro atoms. The number of piperidine rings is 2. The van der Waals surface area contributed by atoms with Crippen molar-refractivity contribution in [2.24, 2.45) is 5.41 Å². The number of carbonyl (C=O) groups excluding carboxylic acids is 1. The maximum atomic E-state index is 13.8. The SMILES string of the molecule is CSc1ccc(NC(=O)c2cnc(NSC(C)(CO)CO)cc2N2CCC3(CC2)CC3)cc1N1CCC(F)(F)CC1. The molecule has 4 N–H and O–H groups in total. The summed E-state index contributed by atoms with van der Waals surface area (Å²) in [4.78, 5) is 23.3. The first-order valence-corrected chi connectivity index (χ1v) is 16.2. The molecule has 12 heteroatoms. The number of hydrogen-bond acceptors (Lipinski definition) is 9. The summed E-state index contributed by atoms with van der Waals surface area (Å²) in [6.45, 7) is 3.57. The van der Waals surface area contributed by atoms with Crippen molar-refractivity contribution < 1.29 is 23.8 Å². The highest BCUT2D eigenvalue weighted by molar-refractivity contribution is 8.01. The van der Waals surface area contributed by atoms with Crippen molar-refractivity contribution in [3.8, 4) is 0 Å². The third kappa shape index (κ3) is 7.03.